The van der Waals surface area contributed by atoms with E-state index in [0.29, 0.717) is 0 Å². The van der Waals surface area contributed by atoms with Gasteiger partial charge in [-0.2, -0.15) is 0 Å². The van der Waals surface area contributed by atoms with Crippen LogP contribution in [0, 0.1) is 0 Å². The highest BCUT2D eigenvalue weighted by Gasteiger charge is 2.17. The number of hydrogen-bond donors (Lipinski definition) is 3. The number of aliphatic carboxylic acids is 1. The van der Waals surface area contributed by atoms with E-state index in [-0.39, 0.29) is 5.75 Å². The van der Waals surface area contributed by atoms with Crippen LogP contribution in [0.15, 0.2) is 84.9 Å². The Kier molecular flexibility index (Phi) is 7.44. The molecule has 0 spiro atoms. The van der Waals surface area contributed by atoms with Crippen molar-refractivity contribution in [1.82, 2.24) is 0 Å². The summed E-state index contributed by atoms with van der Waals surface area (Å²) in [5.41, 5.74) is 5.69. The lowest BCUT2D eigenvalue weighted by molar-refractivity contribution is -0.131. The Morgan fingerprint density at radius 2 is 1.44 bits per heavy atom. The zero-order valence-electron chi connectivity index (χ0n) is 17.4. The number of benzene rings is 3. The van der Waals surface area contributed by atoms with Crippen LogP contribution in [0.4, 0.5) is 0 Å². The molecule has 6 nitrogen and oxygen atoms in total. The fraction of sp³-hybridized carbons (Fsp3) is 0.0800. The number of rotatable bonds is 8. The van der Waals surface area contributed by atoms with E-state index >= 15 is 0 Å². The molecule has 3 aromatic rings. The second-order valence-electron chi connectivity index (χ2n) is 6.97. The summed E-state index contributed by atoms with van der Waals surface area (Å²) in [6, 6.07) is 24.1. The van der Waals surface area contributed by atoms with Crippen molar-refractivity contribution in [3.8, 4) is 5.75 Å². The molecule has 0 unspecified atom stereocenters. The van der Waals surface area contributed by atoms with Gasteiger partial charge in [-0.05, 0) is 58.0 Å². The third-order valence-electron chi connectivity index (χ3n) is 4.76. The van der Waals surface area contributed by atoms with Crippen LogP contribution < -0.4 is 4.52 Å². The Hall–Kier alpha value is -3.44. The van der Waals surface area contributed by atoms with Gasteiger partial charge in [0.1, 0.15) is 5.75 Å². The monoisotopic (exact) mass is 450 g/mol. The maximum Gasteiger partial charge on any atom is 0.524 e. The highest BCUT2D eigenvalue weighted by molar-refractivity contribution is 7.46. The van der Waals surface area contributed by atoms with E-state index in [0.717, 1.165) is 45.9 Å². The van der Waals surface area contributed by atoms with E-state index in [4.69, 9.17) is 14.9 Å². The Morgan fingerprint density at radius 3 is 1.94 bits per heavy atom. The van der Waals surface area contributed by atoms with Gasteiger partial charge in [-0.25, -0.2) is 9.36 Å². The fourth-order valence-electron chi connectivity index (χ4n) is 3.43. The molecular formula is C25H23O6P. The van der Waals surface area contributed by atoms with Crippen molar-refractivity contribution >= 4 is 31.0 Å². The van der Waals surface area contributed by atoms with Gasteiger partial charge in [-0.15, -0.1) is 0 Å². The molecular weight excluding hydrogens is 427 g/mol. The molecule has 0 aliphatic carbocycles. The predicted octanol–water partition coefficient (Wildman–Crippen LogP) is 5.63. The van der Waals surface area contributed by atoms with E-state index < -0.39 is 13.8 Å². The quantitative estimate of drug-likeness (QED) is 0.234. The highest BCUT2D eigenvalue weighted by atomic mass is 31.2. The third kappa shape index (κ3) is 6.28. The first-order valence-electron chi connectivity index (χ1n) is 9.92. The molecule has 3 rings (SSSR count). The van der Waals surface area contributed by atoms with Gasteiger partial charge in [0.15, 0.2) is 0 Å². The number of phosphoric acid groups is 1. The molecule has 0 aliphatic rings. The van der Waals surface area contributed by atoms with Crippen LogP contribution in [-0.4, -0.2) is 20.9 Å². The molecule has 0 amide bonds. The van der Waals surface area contributed by atoms with Crippen molar-refractivity contribution in [2.24, 2.45) is 0 Å². The minimum absolute atomic E-state index is 0.0772. The summed E-state index contributed by atoms with van der Waals surface area (Å²) >= 11 is 0. The summed E-state index contributed by atoms with van der Waals surface area (Å²) < 4.78 is 15.8. The maximum absolute atomic E-state index is 11.1. The van der Waals surface area contributed by atoms with E-state index in [2.05, 4.69) is 11.4 Å². The van der Waals surface area contributed by atoms with Gasteiger partial charge in [0, 0.05) is 6.08 Å². The summed E-state index contributed by atoms with van der Waals surface area (Å²) in [7, 11) is -4.64. The Morgan fingerprint density at radius 1 is 0.875 bits per heavy atom. The van der Waals surface area contributed by atoms with Crippen LogP contribution >= 0.6 is 7.82 Å². The number of carbonyl (C=O) groups is 1. The largest absolute Gasteiger partial charge is 0.524 e. The molecule has 0 saturated heterocycles. The van der Waals surface area contributed by atoms with Gasteiger partial charge in [-0.1, -0.05) is 73.7 Å². The molecule has 0 saturated carbocycles. The number of carboxylic acids is 1. The molecule has 0 aliphatic heterocycles. The molecule has 0 bridgehead atoms. The molecule has 0 aromatic heterocycles. The Labute approximate surface area is 186 Å². The molecule has 0 fully saturated rings. The van der Waals surface area contributed by atoms with Crippen molar-refractivity contribution in [2.75, 3.05) is 0 Å². The maximum atomic E-state index is 11.1. The van der Waals surface area contributed by atoms with Crippen molar-refractivity contribution in [1.29, 1.82) is 0 Å². The Bertz CT molecular complexity index is 1170. The van der Waals surface area contributed by atoms with Crippen molar-refractivity contribution in [3.63, 3.8) is 0 Å². The molecule has 0 heterocycles. The van der Waals surface area contributed by atoms with Gasteiger partial charge in [0.25, 0.3) is 0 Å². The SMILES string of the molecule is CC/C(=C(\c1ccc(/C=C/C(=O)O)cc1)c1ccc(OP(=O)(O)O)cc1)c1ccccc1. The predicted molar refractivity (Wildman–Crippen MR) is 125 cm³/mol. The van der Waals surface area contributed by atoms with Gasteiger partial charge in [0.2, 0.25) is 0 Å². The van der Waals surface area contributed by atoms with Crippen LogP contribution in [0.5, 0.6) is 5.75 Å². The first kappa shape index (κ1) is 23.2. The lowest BCUT2D eigenvalue weighted by Gasteiger charge is -2.17. The molecule has 32 heavy (non-hydrogen) atoms. The molecule has 3 N–H and O–H groups in total. The van der Waals surface area contributed by atoms with Crippen LogP contribution in [0.1, 0.15) is 35.6 Å². The van der Waals surface area contributed by atoms with Crippen LogP contribution in [0.3, 0.4) is 0 Å². The summed E-state index contributed by atoms with van der Waals surface area (Å²) in [4.78, 5) is 28.9. The topological polar surface area (TPSA) is 104 Å². The summed E-state index contributed by atoms with van der Waals surface area (Å²) in [6.07, 6.45) is 3.37. The average Bonchev–Trinajstić information content (AvgIpc) is 2.77. The minimum atomic E-state index is -4.64. The molecule has 0 radical (unpaired) electrons. The fourth-order valence-corrected chi connectivity index (χ4v) is 3.82. The normalized spacial score (nSPS) is 12.5. The molecule has 7 heteroatoms. The zero-order chi connectivity index (χ0) is 23.1. The van der Waals surface area contributed by atoms with Crippen LogP contribution in [-0.2, 0) is 9.36 Å². The summed E-state index contributed by atoms with van der Waals surface area (Å²) in [6.45, 7) is 2.07. The highest BCUT2D eigenvalue weighted by Crippen LogP contribution is 2.39. The Balaban J connectivity index is 2.11. The smallest absolute Gasteiger partial charge is 0.478 e. The molecule has 3 aromatic carbocycles. The van der Waals surface area contributed by atoms with Crippen molar-refractivity contribution in [3.05, 3.63) is 107 Å². The van der Waals surface area contributed by atoms with Crippen molar-refractivity contribution in [2.45, 2.75) is 13.3 Å². The van der Waals surface area contributed by atoms with Gasteiger partial charge < -0.3 is 9.63 Å². The summed E-state index contributed by atoms with van der Waals surface area (Å²) in [5.74, 6) is -0.932. The third-order valence-corrected chi connectivity index (χ3v) is 5.21. The first-order chi connectivity index (χ1) is 15.3. The van der Waals surface area contributed by atoms with Crippen LogP contribution in [0.2, 0.25) is 0 Å². The van der Waals surface area contributed by atoms with E-state index in [1.54, 1.807) is 12.1 Å². The summed E-state index contributed by atoms with van der Waals surface area (Å²) in [5, 5.41) is 8.84. The average molecular weight is 450 g/mol. The number of phosphoric ester groups is 1. The van der Waals surface area contributed by atoms with Gasteiger partial charge in [-0.3, -0.25) is 9.79 Å². The van der Waals surface area contributed by atoms with E-state index in [1.807, 2.05) is 54.6 Å². The standard InChI is InChI=1S/C25H23O6P/c1-2-23(19-6-4-3-5-7-19)25(20-11-8-18(9-12-20)10-17-24(26)27)21-13-15-22(16-14-21)31-32(28,29)30/h3-17H,2H2,1H3,(H,26,27)(H2,28,29,30)/b17-10+,25-23-. The van der Waals surface area contributed by atoms with Crippen molar-refractivity contribution < 1.29 is 28.8 Å². The second-order valence-corrected chi connectivity index (χ2v) is 8.14. The first-order valence-corrected chi connectivity index (χ1v) is 11.5. The number of allylic oxidation sites excluding steroid dienone is 1. The lowest BCUT2D eigenvalue weighted by atomic mass is 9.88. The second kappa shape index (κ2) is 10.2. The number of hydrogen-bond acceptors (Lipinski definition) is 3. The van der Waals surface area contributed by atoms with Crippen LogP contribution in [0.25, 0.3) is 17.2 Å². The van der Waals surface area contributed by atoms with E-state index in [9.17, 15) is 9.36 Å². The van der Waals surface area contributed by atoms with Gasteiger partial charge >= 0.3 is 13.8 Å². The van der Waals surface area contributed by atoms with Gasteiger partial charge in [0.05, 0.1) is 0 Å². The molecule has 0 atom stereocenters. The van der Waals surface area contributed by atoms with E-state index in [1.165, 1.54) is 18.2 Å². The minimum Gasteiger partial charge on any atom is -0.478 e. The lowest BCUT2D eigenvalue weighted by Crippen LogP contribution is -1.96. The molecule has 164 valence electrons. The zero-order valence-corrected chi connectivity index (χ0v) is 18.3. The number of carboxylic acid groups (broad SMARTS) is 1.